The molecule has 0 aliphatic carbocycles. The number of hydrogen-bond acceptors (Lipinski definition) is 5. The number of rotatable bonds is 9. The molecule has 0 spiro atoms. The highest BCUT2D eigenvalue weighted by Gasteiger charge is 2.30. The van der Waals surface area contributed by atoms with Crippen LogP contribution in [-0.4, -0.2) is 31.7 Å². The fourth-order valence-electron chi connectivity index (χ4n) is 3.79. The van der Waals surface area contributed by atoms with Crippen molar-refractivity contribution in [1.29, 1.82) is 0 Å². The van der Waals surface area contributed by atoms with Crippen LogP contribution < -0.4 is 14.4 Å². The molecule has 0 unspecified atom stereocenters. The number of carbonyl (C=O) groups excluding carboxylic acids is 2. The summed E-state index contributed by atoms with van der Waals surface area (Å²) in [5, 5.41) is 0. The second-order valence-corrected chi connectivity index (χ2v) is 7.85. The van der Waals surface area contributed by atoms with E-state index in [4.69, 9.17) is 14.2 Å². The van der Waals surface area contributed by atoms with Crippen molar-refractivity contribution in [3.8, 4) is 11.5 Å². The molecule has 3 aromatic rings. The van der Waals surface area contributed by atoms with E-state index in [1.807, 2.05) is 67.6 Å². The van der Waals surface area contributed by atoms with Crippen molar-refractivity contribution in [3.05, 3.63) is 89.0 Å². The number of aryl methyl sites for hydroxylation is 1. The zero-order valence-corrected chi connectivity index (χ0v) is 18.9. The van der Waals surface area contributed by atoms with Crippen LogP contribution in [0.15, 0.2) is 66.7 Å². The van der Waals surface area contributed by atoms with Crippen LogP contribution in [0.1, 0.15) is 34.0 Å². The van der Waals surface area contributed by atoms with Gasteiger partial charge >= 0.3 is 5.97 Å². The lowest BCUT2D eigenvalue weighted by atomic mass is 10.1. The molecule has 1 aliphatic heterocycles. The average Bonchev–Trinajstić information content (AvgIpc) is 3.16. The Morgan fingerprint density at radius 3 is 2.58 bits per heavy atom. The summed E-state index contributed by atoms with van der Waals surface area (Å²) in [6.45, 7) is 4.95. The normalized spacial score (nSPS) is 12.4. The Bertz CT molecular complexity index is 1140. The highest BCUT2D eigenvalue weighted by atomic mass is 16.6. The zero-order valence-electron chi connectivity index (χ0n) is 18.9. The van der Waals surface area contributed by atoms with Crippen LogP contribution in [0.5, 0.6) is 11.5 Å². The van der Waals surface area contributed by atoms with Gasteiger partial charge in [-0.1, -0.05) is 35.9 Å². The minimum Gasteiger partial charge on any atom is -0.493 e. The minimum absolute atomic E-state index is 0.00856. The summed E-state index contributed by atoms with van der Waals surface area (Å²) < 4.78 is 16.5. The molecule has 170 valence electrons. The Morgan fingerprint density at radius 2 is 1.79 bits per heavy atom. The number of ether oxygens (including phenoxy) is 3. The predicted molar refractivity (Wildman–Crippen MR) is 126 cm³/mol. The van der Waals surface area contributed by atoms with Gasteiger partial charge in [0.2, 0.25) is 0 Å². The summed E-state index contributed by atoms with van der Waals surface area (Å²) in [4.78, 5) is 26.2. The van der Waals surface area contributed by atoms with E-state index in [1.54, 1.807) is 17.9 Å². The van der Waals surface area contributed by atoms with Gasteiger partial charge in [0, 0.05) is 23.2 Å². The predicted octanol–water partition coefficient (Wildman–Crippen LogP) is 4.72. The molecule has 1 aliphatic rings. The molecule has 0 saturated heterocycles. The van der Waals surface area contributed by atoms with E-state index in [9.17, 15) is 9.59 Å². The second-order valence-electron chi connectivity index (χ2n) is 7.85. The topological polar surface area (TPSA) is 65.1 Å². The van der Waals surface area contributed by atoms with Gasteiger partial charge in [0.15, 0.2) is 6.61 Å². The van der Waals surface area contributed by atoms with Crippen LogP contribution in [0.3, 0.4) is 0 Å². The van der Waals surface area contributed by atoms with Gasteiger partial charge in [-0.05, 0) is 55.8 Å². The van der Waals surface area contributed by atoms with Gasteiger partial charge in [0.1, 0.15) is 11.5 Å². The molecule has 0 atom stereocenters. The molecule has 6 nitrogen and oxygen atoms in total. The first-order valence-corrected chi connectivity index (χ1v) is 11.1. The van der Waals surface area contributed by atoms with E-state index < -0.39 is 5.97 Å². The van der Waals surface area contributed by atoms with Crippen LogP contribution in [0.25, 0.3) is 0 Å². The fourth-order valence-corrected chi connectivity index (χ4v) is 3.79. The van der Waals surface area contributed by atoms with E-state index >= 15 is 0 Å². The van der Waals surface area contributed by atoms with Crippen molar-refractivity contribution in [2.45, 2.75) is 26.8 Å². The number of nitrogens with zero attached hydrogens (tertiary/aromatic N) is 1. The van der Waals surface area contributed by atoms with Gasteiger partial charge in [-0.2, -0.15) is 0 Å². The van der Waals surface area contributed by atoms with Gasteiger partial charge in [0.05, 0.1) is 19.8 Å². The summed E-state index contributed by atoms with van der Waals surface area (Å²) in [6.07, 6.45) is 0.663. The summed E-state index contributed by atoms with van der Waals surface area (Å²) in [5.41, 5.74) is 4.66. The van der Waals surface area contributed by atoms with Gasteiger partial charge in [-0.25, -0.2) is 4.79 Å². The molecular weight excluding hydrogens is 418 g/mol. The number of anilines is 1. The van der Waals surface area contributed by atoms with E-state index in [1.165, 1.54) is 0 Å². The third kappa shape index (κ3) is 5.34. The Balaban J connectivity index is 1.37. The maximum atomic E-state index is 12.9. The van der Waals surface area contributed by atoms with Crippen molar-refractivity contribution in [3.63, 3.8) is 0 Å². The molecule has 0 bridgehead atoms. The van der Waals surface area contributed by atoms with Crippen molar-refractivity contribution in [2.75, 3.05) is 24.7 Å². The minimum atomic E-state index is -0.390. The first-order chi connectivity index (χ1) is 16.0. The lowest BCUT2D eigenvalue weighted by molar-refractivity contribution is -0.145. The number of benzene rings is 3. The zero-order chi connectivity index (χ0) is 23.2. The van der Waals surface area contributed by atoms with Crippen LogP contribution >= 0.6 is 0 Å². The number of esters is 1. The number of hydrogen-bond donors (Lipinski definition) is 0. The first-order valence-electron chi connectivity index (χ1n) is 11.1. The van der Waals surface area contributed by atoms with Gasteiger partial charge in [-0.3, -0.25) is 4.79 Å². The second kappa shape index (κ2) is 10.2. The molecule has 0 aromatic heterocycles. The first kappa shape index (κ1) is 22.4. The van der Waals surface area contributed by atoms with E-state index in [0.717, 1.165) is 28.1 Å². The lowest BCUT2D eigenvalue weighted by Crippen LogP contribution is -2.22. The van der Waals surface area contributed by atoms with Gasteiger partial charge in [0.25, 0.3) is 5.91 Å². The highest BCUT2D eigenvalue weighted by Crippen LogP contribution is 2.34. The molecule has 0 fully saturated rings. The monoisotopic (exact) mass is 445 g/mol. The Labute approximate surface area is 193 Å². The summed E-state index contributed by atoms with van der Waals surface area (Å²) >= 11 is 0. The third-order valence-electron chi connectivity index (χ3n) is 5.48. The Hall–Kier alpha value is -3.80. The van der Waals surface area contributed by atoms with E-state index in [-0.39, 0.29) is 12.5 Å². The molecule has 6 heteroatoms. The van der Waals surface area contributed by atoms with Crippen LogP contribution in [0.4, 0.5) is 5.69 Å². The fraction of sp³-hybridized carbons (Fsp3) is 0.259. The van der Waals surface area contributed by atoms with Crippen LogP contribution in [0, 0.1) is 6.92 Å². The van der Waals surface area contributed by atoms with Crippen molar-refractivity contribution in [1.82, 2.24) is 0 Å². The molecule has 4 rings (SSSR count). The standard InChI is InChI=1S/C27H27NO5/c1-3-31-26(29)18-33-22-7-4-6-20(16-22)14-15-32-25-9-5-8-23-24(25)17-28(27(23)30)21-12-10-19(2)11-13-21/h4-13,16H,3,14-15,17-18H2,1-2H3. The van der Waals surface area contributed by atoms with E-state index in [0.29, 0.717) is 37.5 Å². The third-order valence-corrected chi connectivity index (χ3v) is 5.48. The molecule has 0 N–H and O–H groups in total. The van der Waals surface area contributed by atoms with Crippen molar-refractivity contribution in [2.24, 2.45) is 0 Å². The van der Waals surface area contributed by atoms with Crippen LogP contribution in [0.2, 0.25) is 0 Å². The number of fused-ring (bicyclic) bond motifs is 1. The quantitative estimate of drug-likeness (QED) is 0.446. The summed E-state index contributed by atoms with van der Waals surface area (Å²) in [5.74, 6) is 0.940. The largest absolute Gasteiger partial charge is 0.493 e. The van der Waals surface area contributed by atoms with Gasteiger partial charge < -0.3 is 19.1 Å². The molecule has 0 radical (unpaired) electrons. The molecule has 1 amide bonds. The Kier molecular flexibility index (Phi) is 6.93. The lowest BCUT2D eigenvalue weighted by Gasteiger charge is -2.16. The smallest absolute Gasteiger partial charge is 0.344 e. The van der Waals surface area contributed by atoms with E-state index in [2.05, 4.69) is 0 Å². The van der Waals surface area contributed by atoms with Crippen molar-refractivity contribution >= 4 is 17.6 Å². The number of carbonyl (C=O) groups is 2. The molecule has 0 saturated carbocycles. The average molecular weight is 446 g/mol. The van der Waals surface area contributed by atoms with Gasteiger partial charge in [-0.15, -0.1) is 0 Å². The molecular formula is C27H27NO5. The number of amides is 1. The molecule has 33 heavy (non-hydrogen) atoms. The Morgan fingerprint density at radius 1 is 1.00 bits per heavy atom. The SMILES string of the molecule is CCOC(=O)COc1cccc(CCOc2cccc3c2CN(c2ccc(C)cc2)C3=O)c1. The summed E-state index contributed by atoms with van der Waals surface area (Å²) in [7, 11) is 0. The highest BCUT2D eigenvalue weighted by molar-refractivity contribution is 6.10. The maximum absolute atomic E-state index is 12.9. The van der Waals surface area contributed by atoms with Crippen LogP contribution in [-0.2, 0) is 22.5 Å². The summed E-state index contributed by atoms with van der Waals surface area (Å²) in [6, 6.07) is 21.1. The molecule has 1 heterocycles. The molecule has 3 aromatic carbocycles. The maximum Gasteiger partial charge on any atom is 0.344 e. The van der Waals surface area contributed by atoms with Crippen molar-refractivity contribution < 1.29 is 23.8 Å².